The first-order valence-electron chi connectivity index (χ1n) is 17.3. The highest BCUT2D eigenvalue weighted by atomic mass is 32.1. The van der Waals surface area contributed by atoms with Crippen LogP contribution in [0.4, 0.5) is 17.1 Å². The predicted octanol–water partition coefficient (Wildman–Crippen LogP) is 14.4. The summed E-state index contributed by atoms with van der Waals surface area (Å²) in [6, 6.07) is 67.3. The van der Waals surface area contributed by atoms with Gasteiger partial charge in [-0.1, -0.05) is 127 Å². The number of benzene rings is 8. The first-order valence-corrected chi connectivity index (χ1v) is 18.1. The molecule has 0 unspecified atom stereocenters. The number of thiophene rings is 1. The summed E-state index contributed by atoms with van der Waals surface area (Å²) in [5.74, 6) is 0. The third-order valence-electron chi connectivity index (χ3n) is 9.89. The second-order valence-electron chi connectivity index (χ2n) is 12.9. The van der Waals surface area contributed by atoms with Gasteiger partial charge in [0.25, 0.3) is 0 Å². The molecule has 0 N–H and O–H groups in total. The van der Waals surface area contributed by atoms with Crippen molar-refractivity contribution in [3.8, 4) is 33.4 Å². The zero-order valence-electron chi connectivity index (χ0n) is 27.7. The lowest BCUT2D eigenvalue weighted by Gasteiger charge is -2.26. The van der Waals surface area contributed by atoms with E-state index in [0.717, 1.165) is 44.6 Å². The highest BCUT2D eigenvalue weighted by Crippen LogP contribution is 2.46. The van der Waals surface area contributed by atoms with Crippen LogP contribution < -0.4 is 4.90 Å². The van der Waals surface area contributed by atoms with Crippen LogP contribution in [0.2, 0.25) is 0 Å². The van der Waals surface area contributed by atoms with E-state index in [0.29, 0.717) is 0 Å². The number of para-hydroxylation sites is 1. The van der Waals surface area contributed by atoms with Gasteiger partial charge >= 0.3 is 0 Å². The summed E-state index contributed by atoms with van der Waals surface area (Å²) in [5.41, 5.74) is 12.3. The molecule has 0 fully saturated rings. The van der Waals surface area contributed by atoms with E-state index < -0.39 is 0 Å². The van der Waals surface area contributed by atoms with E-state index in [4.69, 9.17) is 4.42 Å². The zero-order valence-corrected chi connectivity index (χ0v) is 28.5. The topological polar surface area (TPSA) is 16.4 Å². The SMILES string of the molecule is c1ccc(-c2ccc(N(c3ccc(-c4ccccc4)cc3)c3cccc(-c4cccc5sc6ccc7c8ccccc8oc7c6c45)c3)cc2)cc1. The molecule has 3 heteroatoms. The fourth-order valence-corrected chi connectivity index (χ4v) is 8.58. The maximum Gasteiger partial charge on any atom is 0.144 e. The van der Waals surface area contributed by atoms with Gasteiger partial charge in [-0.05, 0) is 94.0 Å². The zero-order chi connectivity index (χ0) is 33.7. The molecule has 10 aromatic rings. The Labute approximate surface area is 300 Å². The van der Waals surface area contributed by atoms with Gasteiger partial charge in [0.05, 0.1) is 0 Å². The highest BCUT2D eigenvalue weighted by Gasteiger charge is 2.19. The van der Waals surface area contributed by atoms with Gasteiger partial charge in [0.15, 0.2) is 0 Å². The number of rotatable bonds is 6. The molecule has 51 heavy (non-hydrogen) atoms. The fourth-order valence-electron chi connectivity index (χ4n) is 7.45. The predicted molar refractivity (Wildman–Crippen MR) is 218 cm³/mol. The number of furan rings is 1. The van der Waals surface area contributed by atoms with Crippen LogP contribution in [-0.4, -0.2) is 0 Å². The molecule has 0 radical (unpaired) electrons. The number of hydrogen-bond donors (Lipinski definition) is 0. The van der Waals surface area contributed by atoms with Gasteiger partial charge in [0.2, 0.25) is 0 Å². The van der Waals surface area contributed by atoms with Gasteiger partial charge in [-0.15, -0.1) is 11.3 Å². The summed E-state index contributed by atoms with van der Waals surface area (Å²) in [4.78, 5) is 2.36. The Morgan fingerprint density at radius 2 is 0.941 bits per heavy atom. The van der Waals surface area contributed by atoms with Gasteiger partial charge in [-0.25, -0.2) is 0 Å². The van der Waals surface area contributed by atoms with Gasteiger partial charge in [0.1, 0.15) is 11.2 Å². The summed E-state index contributed by atoms with van der Waals surface area (Å²) in [6.45, 7) is 0. The Kier molecular flexibility index (Phi) is 7.04. The molecule has 0 spiro atoms. The summed E-state index contributed by atoms with van der Waals surface area (Å²) in [6.07, 6.45) is 0. The van der Waals surface area contributed by atoms with E-state index in [1.54, 1.807) is 0 Å². The highest BCUT2D eigenvalue weighted by molar-refractivity contribution is 7.26. The van der Waals surface area contributed by atoms with Gasteiger partial charge in [-0.3, -0.25) is 0 Å². The van der Waals surface area contributed by atoms with E-state index in [1.165, 1.54) is 48.0 Å². The van der Waals surface area contributed by atoms with Crippen molar-refractivity contribution in [2.24, 2.45) is 0 Å². The maximum absolute atomic E-state index is 6.58. The molecule has 8 aromatic carbocycles. The second-order valence-corrected chi connectivity index (χ2v) is 14.0. The molecule has 0 saturated carbocycles. The Balaban J connectivity index is 1.13. The Bertz CT molecular complexity index is 2750. The summed E-state index contributed by atoms with van der Waals surface area (Å²) in [7, 11) is 0. The lowest BCUT2D eigenvalue weighted by Crippen LogP contribution is -2.10. The third-order valence-corrected chi connectivity index (χ3v) is 11.0. The van der Waals surface area contributed by atoms with Crippen molar-refractivity contribution >= 4 is 70.5 Å². The van der Waals surface area contributed by atoms with Crippen molar-refractivity contribution in [3.05, 3.63) is 188 Å². The molecule has 10 rings (SSSR count). The van der Waals surface area contributed by atoms with Crippen molar-refractivity contribution in [2.75, 3.05) is 4.90 Å². The minimum atomic E-state index is 0.922. The normalized spacial score (nSPS) is 11.5. The molecule has 0 aliphatic rings. The number of fused-ring (bicyclic) bond motifs is 7. The van der Waals surface area contributed by atoms with E-state index in [-0.39, 0.29) is 0 Å². The molecular weight excluding hydrogens is 639 g/mol. The smallest absolute Gasteiger partial charge is 0.144 e. The van der Waals surface area contributed by atoms with Crippen molar-refractivity contribution in [3.63, 3.8) is 0 Å². The fraction of sp³-hybridized carbons (Fsp3) is 0. The second kappa shape index (κ2) is 12.2. The van der Waals surface area contributed by atoms with Crippen molar-refractivity contribution in [1.29, 1.82) is 0 Å². The summed E-state index contributed by atoms with van der Waals surface area (Å²) < 4.78 is 9.07. The monoisotopic (exact) mass is 669 g/mol. The van der Waals surface area contributed by atoms with E-state index in [1.807, 2.05) is 17.4 Å². The maximum atomic E-state index is 6.58. The van der Waals surface area contributed by atoms with Gasteiger partial charge < -0.3 is 9.32 Å². The Morgan fingerprint density at radius 3 is 1.63 bits per heavy atom. The molecule has 0 saturated heterocycles. The summed E-state index contributed by atoms with van der Waals surface area (Å²) >= 11 is 1.83. The van der Waals surface area contributed by atoms with Crippen LogP contribution in [0.3, 0.4) is 0 Å². The Hall–Kier alpha value is -6.42. The molecule has 0 aliphatic carbocycles. The minimum absolute atomic E-state index is 0.922. The largest absolute Gasteiger partial charge is 0.455 e. The van der Waals surface area contributed by atoms with Crippen LogP contribution in [0.15, 0.2) is 192 Å². The van der Waals surface area contributed by atoms with Crippen LogP contribution in [-0.2, 0) is 0 Å². The van der Waals surface area contributed by atoms with E-state index in [9.17, 15) is 0 Å². The molecule has 0 aliphatic heterocycles. The van der Waals surface area contributed by atoms with E-state index in [2.05, 4.69) is 187 Å². The first-order chi connectivity index (χ1) is 25.3. The Morgan fingerprint density at radius 1 is 0.373 bits per heavy atom. The van der Waals surface area contributed by atoms with Crippen LogP contribution in [0.1, 0.15) is 0 Å². The van der Waals surface area contributed by atoms with E-state index >= 15 is 0 Å². The average Bonchev–Trinajstić information content (AvgIpc) is 3.78. The number of nitrogens with zero attached hydrogens (tertiary/aromatic N) is 1. The molecule has 2 nitrogen and oxygen atoms in total. The van der Waals surface area contributed by atoms with Crippen molar-refractivity contribution in [2.45, 2.75) is 0 Å². The van der Waals surface area contributed by atoms with Gasteiger partial charge in [-0.2, -0.15) is 0 Å². The first kappa shape index (κ1) is 29.5. The van der Waals surface area contributed by atoms with Gasteiger partial charge in [0, 0.05) is 48.0 Å². The molecule has 240 valence electrons. The molecule has 2 heterocycles. The third kappa shape index (κ3) is 5.10. The van der Waals surface area contributed by atoms with Crippen LogP contribution in [0.25, 0.3) is 75.5 Å². The van der Waals surface area contributed by atoms with Crippen molar-refractivity contribution < 1.29 is 4.42 Å². The van der Waals surface area contributed by atoms with Crippen LogP contribution in [0, 0.1) is 0 Å². The van der Waals surface area contributed by atoms with Crippen LogP contribution >= 0.6 is 11.3 Å². The molecule has 0 bridgehead atoms. The quantitative estimate of drug-likeness (QED) is 0.175. The standard InChI is InChI=1S/C48H31NOS/c1-3-11-32(12-4-1)34-21-25-37(26-22-34)49(38-27-23-35(24-28-38)33-13-5-2-6-14-33)39-16-9-15-36(31-39)40-18-10-20-44-46(40)47-45(51-44)30-29-42-41-17-7-8-19-43(41)50-48(42)47/h1-31H. The molecule has 0 amide bonds. The molecular formula is C48H31NOS. The average molecular weight is 670 g/mol. The number of anilines is 3. The lowest BCUT2D eigenvalue weighted by atomic mass is 9.97. The molecule has 0 atom stereocenters. The van der Waals surface area contributed by atoms with Crippen LogP contribution in [0.5, 0.6) is 0 Å². The summed E-state index contributed by atoms with van der Waals surface area (Å²) in [5, 5.41) is 4.74. The lowest BCUT2D eigenvalue weighted by molar-refractivity contribution is 0.673. The number of hydrogen-bond acceptors (Lipinski definition) is 3. The van der Waals surface area contributed by atoms with Crippen molar-refractivity contribution in [1.82, 2.24) is 0 Å². The molecule has 2 aromatic heterocycles. The minimum Gasteiger partial charge on any atom is -0.455 e.